The van der Waals surface area contributed by atoms with Crippen LogP contribution < -0.4 is 15.4 Å². The predicted molar refractivity (Wildman–Crippen MR) is 71.6 cm³/mol. The van der Waals surface area contributed by atoms with E-state index in [-0.39, 0.29) is 17.5 Å². The lowest BCUT2D eigenvalue weighted by atomic mass is 10.0. The molecule has 1 aliphatic rings. The van der Waals surface area contributed by atoms with Crippen molar-refractivity contribution in [3.8, 4) is 5.75 Å². The van der Waals surface area contributed by atoms with E-state index in [9.17, 15) is 4.39 Å². The number of rotatable bonds is 3. The van der Waals surface area contributed by atoms with Crippen LogP contribution in [0.4, 0.5) is 10.1 Å². The molecule has 1 aliphatic heterocycles. The summed E-state index contributed by atoms with van der Waals surface area (Å²) in [5, 5.41) is 0. The highest BCUT2D eigenvalue weighted by molar-refractivity contribution is 5.60. The van der Waals surface area contributed by atoms with E-state index in [2.05, 4.69) is 11.8 Å². The van der Waals surface area contributed by atoms with Gasteiger partial charge in [-0.25, -0.2) is 4.39 Å². The highest BCUT2D eigenvalue weighted by Gasteiger charge is 2.28. The summed E-state index contributed by atoms with van der Waals surface area (Å²) in [6.45, 7) is 7.48. The van der Waals surface area contributed by atoms with Crippen molar-refractivity contribution in [1.82, 2.24) is 0 Å². The minimum absolute atomic E-state index is 0.144. The molecule has 0 spiro atoms. The van der Waals surface area contributed by atoms with Crippen LogP contribution in [0.25, 0.3) is 0 Å². The Morgan fingerprint density at radius 1 is 1.50 bits per heavy atom. The highest BCUT2D eigenvalue weighted by Crippen LogP contribution is 2.35. The van der Waals surface area contributed by atoms with Gasteiger partial charge >= 0.3 is 0 Å². The molecule has 0 aliphatic carbocycles. The van der Waals surface area contributed by atoms with Crippen molar-refractivity contribution in [2.24, 2.45) is 5.73 Å². The van der Waals surface area contributed by atoms with Gasteiger partial charge in [0.15, 0.2) is 0 Å². The fourth-order valence-corrected chi connectivity index (χ4v) is 2.25. The summed E-state index contributed by atoms with van der Waals surface area (Å²) in [6, 6.07) is 4.65. The number of fused-ring (bicyclic) bond motifs is 1. The lowest BCUT2D eigenvalue weighted by molar-refractivity contribution is 0.186. The normalized spacial score (nSPS) is 19.4. The molecule has 2 N–H and O–H groups in total. The maximum absolute atomic E-state index is 13.4. The van der Waals surface area contributed by atoms with Gasteiger partial charge in [0.25, 0.3) is 0 Å². The van der Waals surface area contributed by atoms with E-state index in [1.807, 2.05) is 13.8 Å². The van der Waals surface area contributed by atoms with Gasteiger partial charge in [-0.3, -0.25) is 0 Å². The summed E-state index contributed by atoms with van der Waals surface area (Å²) in [4.78, 5) is 2.12. The molecule has 2 rings (SSSR count). The molecule has 0 saturated carbocycles. The zero-order valence-electron chi connectivity index (χ0n) is 11.2. The maximum Gasteiger partial charge on any atom is 0.143 e. The first-order chi connectivity index (χ1) is 8.39. The minimum atomic E-state index is -0.320. The molecule has 1 unspecified atom stereocenters. The van der Waals surface area contributed by atoms with Crippen LogP contribution in [0, 0.1) is 5.82 Å². The van der Waals surface area contributed by atoms with Crippen LogP contribution in [0.2, 0.25) is 0 Å². The van der Waals surface area contributed by atoms with Gasteiger partial charge in [0.1, 0.15) is 17.7 Å². The summed E-state index contributed by atoms with van der Waals surface area (Å²) < 4.78 is 19.2. The lowest BCUT2D eigenvalue weighted by Gasteiger charge is -2.39. The average molecular weight is 252 g/mol. The van der Waals surface area contributed by atoms with Gasteiger partial charge in [-0.1, -0.05) is 6.92 Å². The summed E-state index contributed by atoms with van der Waals surface area (Å²) in [7, 11) is 0. The Hall–Kier alpha value is -1.29. The molecule has 1 atom stereocenters. The van der Waals surface area contributed by atoms with Crippen molar-refractivity contribution in [3.05, 3.63) is 24.0 Å². The SMILES string of the molecule is CCC1CN(CC(C)(C)N)c2cc(F)ccc2O1. The largest absolute Gasteiger partial charge is 0.486 e. The molecule has 0 bridgehead atoms. The van der Waals surface area contributed by atoms with Gasteiger partial charge in [-0.15, -0.1) is 0 Å². The van der Waals surface area contributed by atoms with Crippen LogP contribution >= 0.6 is 0 Å². The molecule has 1 heterocycles. The van der Waals surface area contributed by atoms with Crippen molar-refractivity contribution in [2.45, 2.75) is 38.8 Å². The monoisotopic (exact) mass is 252 g/mol. The highest BCUT2D eigenvalue weighted by atomic mass is 19.1. The number of nitrogens with two attached hydrogens (primary N) is 1. The van der Waals surface area contributed by atoms with Crippen molar-refractivity contribution < 1.29 is 9.13 Å². The van der Waals surface area contributed by atoms with E-state index >= 15 is 0 Å². The van der Waals surface area contributed by atoms with E-state index in [1.165, 1.54) is 12.1 Å². The summed E-state index contributed by atoms with van der Waals surface area (Å²) in [6.07, 6.45) is 1.07. The second-order valence-corrected chi connectivity index (χ2v) is 5.63. The van der Waals surface area contributed by atoms with Crippen LogP contribution in [-0.4, -0.2) is 24.7 Å². The van der Waals surface area contributed by atoms with Gasteiger partial charge in [-0.05, 0) is 32.4 Å². The molecular weight excluding hydrogens is 231 g/mol. The number of ether oxygens (including phenoxy) is 1. The average Bonchev–Trinajstić information content (AvgIpc) is 2.27. The van der Waals surface area contributed by atoms with Crippen LogP contribution in [-0.2, 0) is 0 Å². The Morgan fingerprint density at radius 3 is 2.83 bits per heavy atom. The smallest absolute Gasteiger partial charge is 0.143 e. The van der Waals surface area contributed by atoms with Gasteiger partial charge in [0.2, 0.25) is 0 Å². The van der Waals surface area contributed by atoms with Crippen LogP contribution in [0.15, 0.2) is 18.2 Å². The van der Waals surface area contributed by atoms with E-state index in [4.69, 9.17) is 10.5 Å². The number of anilines is 1. The Balaban J connectivity index is 2.32. The molecule has 1 aromatic rings. The van der Waals surface area contributed by atoms with Gasteiger partial charge in [-0.2, -0.15) is 0 Å². The van der Waals surface area contributed by atoms with Crippen molar-refractivity contribution in [2.75, 3.05) is 18.0 Å². The third-order valence-electron chi connectivity index (χ3n) is 3.03. The number of benzene rings is 1. The quantitative estimate of drug-likeness (QED) is 0.898. The Morgan fingerprint density at radius 2 is 2.22 bits per heavy atom. The van der Waals surface area contributed by atoms with E-state index in [0.717, 1.165) is 24.4 Å². The number of nitrogens with zero attached hydrogens (tertiary/aromatic N) is 1. The van der Waals surface area contributed by atoms with Gasteiger partial charge in [0, 0.05) is 18.2 Å². The van der Waals surface area contributed by atoms with E-state index in [0.29, 0.717) is 6.54 Å². The topological polar surface area (TPSA) is 38.5 Å². The summed E-state index contributed by atoms with van der Waals surface area (Å²) in [5.74, 6) is 0.505. The van der Waals surface area contributed by atoms with Gasteiger partial charge < -0.3 is 15.4 Å². The first-order valence-corrected chi connectivity index (χ1v) is 6.39. The fraction of sp³-hybridized carbons (Fsp3) is 0.571. The van der Waals surface area contributed by atoms with Gasteiger partial charge in [0.05, 0.1) is 12.2 Å². The second kappa shape index (κ2) is 4.76. The van der Waals surface area contributed by atoms with Crippen LogP contribution in [0.1, 0.15) is 27.2 Å². The summed E-state index contributed by atoms with van der Waals surface area (Å²) >= 11 is 0. The first-order valence-electron chi connectivity index (χ1n) is 6.39. The third kappa shape index (κ3) is 2.93. The van der Waals surface area contributed by atoms with Crippen molar-refractivity contribution >= 4 is 5.69 Å². The van der Waals surface area contributed by atoms with E-state index < -0.39 is 0 Å². The van der Waals surface area contributed by atoms with Crippen molar-refractivity contribution in [1.29, 1.82) is 0 Å². The molecule has 18 heavy (non-hydrogen) atoms. The first kappa shape index (κ1) is 13.1. The molecule has 0 radical (unpaired) electrons. The number of hydrogen-bond donors (Lipinski definition) is 1. The third-order valence-corrected chi connectivity index (χ3v) is 3.03. The second-order valence-electron chi connectivity index (χ2n) is 5.63. The molecule has 100 valence electrons. The molecule has 0 aromatic heterocycles. The molecule has 0 saturated heterocycles. The number of hydrogen-bond acceptors (Lipinski definition) is 3. The fourth-order valence-electron chi connectivity index (χ4n) is 2.25. The van der Waals surface area contributed by atoms with Crippen LogP contribution in [0.5, 0.6) is 5.75 Å². The minimum Gasteiger partial charge on any atom is -0.486 e. The molecular formula is C14H21FN2O. The molecule has 0 fully saturated rings. The summed E-state index contributed by atoms with van der Waals surface area (Å²) in [5.41, 5.74) is 6.56. The maximum atomic E-state index is 13.4. The standard InChI is InChI=1S/C14H21FN2O/c1-4-11-8-17(9-14(2,3)16)12-7-10(15)5-6-13(12)18-11/h5-7,11H,4,8-9,16H2,1-3H3. The zero-order valence-corrected chi connectivity index (χ0v) is 11.2. The molecule has 4 heteroatoms. The van der Waals surface area contributed by atoms with Crippen molar-refractivity contribution in [3.63, 3.8) is 0 Å². The van der Waals surface area contributed by atoms with E-state index in [1.54, 1.807) is 6.07 Å². The Kier molecular flexibility index (Phi) is 3.48. The zero-order chi connectivity index (χ0) is 13.3. The number of halogens is 1. The van der Waals surface area contributed by atoms with Crippen LogP contribution in [0.3, 0.4) is 0 Å². The Bertz CT molecular complexity index is 428. The lowest BCUT2D eigenvalue weighted by Crippen LogP contribution is -2.50. The molecule has 3 nitrogen and oxygen atoms in total. The molecule has 1 aromatic carbocycles. The predicted octanol–water partition coefficient (Wildman–Crippen LogP) is 2.54. The Labute approximate surface area is 108 Å². The molecule has 0 amide bonds.